The van der Waals surface area contributed by atoms with Gasteiger partial charge < -0.3 is 21.1 Å². The highest BCUT2D eigenvalue weighted by atomic mass is 19.4. The number of rotatable bonds is 8. The van der Waals surface area contributed by atoms with Crippen LogP contribution >= 0.6 is 0 Å². The predicted octanol–water partition coefficient (Wildman–Crippen LogP) is 2.75. The number of ether oxygens (including phenoxy) is 1. The van der Waals surface area contributed by atoms with Crippen molar-refractivity contribution < 1.29 is 22.7 Å². The monoisotopic (exact) mass is 424 g/mol. The number of alkyl halides is 3. The van der Waals surface area contributed by atoms with Crippen LogP contribution in [0.2, 0.25) is 0 Å². The number of amidine groups is 1. The number of nitrogens with two attached hydrogens (primary N) is 1. The molecular weight excluding hydrogens is 397 g/mol. The smallest absolute Gasteiger partial charge is 0.387 e. The van der Waals surface area contributed by atoms with Crippen molar-refractivity contribution in [3.05, 3.63) is 41.6 Å². The highest BCUT2D eigenvalue weighted by Gasteiger charge is 2.27. The lowest BCUT2D eigenvalue weighted by Crippen LogP contribution is -2.51. The van der Waals surface area contributed by atoms with Crippen LogP contribution in [0, 0.1) is 0 Å². The molecule has 4 N–H and O–H groups in total. The number of aldehydes is 1. The Labute approximate surface area is 173 Å². The molecule has 0 aromatic heterocycles. The van der Waals surface area contributed by atoms with Crippen LogP contribution in [0.3, 0.4) is 0 Å². The largest absolute Gasteiger partial charge is 0.393 e. The molecule has 1 aromatic rings. The third-order valence-corrected chi connectivity index (χ3v) is 5.32. The Balaban J connectivity index is 1.51. The minimum atomic E-state index is -4.26. The standard InChI is InChI=1S/C21H27F3N4O2/c22-21(23,24)9-14-1-3-18(4-2-14)28-20(25)15(11-29)10-26-16-5-7-17(8-6-16)27-19-12-30-13-19/h1-4,10-11,16-17,19,26-27H,5-9,12-13H2,(H2,25,28)/b15-10-. The molecule has 0 atom stereocenters. The van der Waals surface area contributed by atoms with Crippen LogP contribution in [-0.2, 0) is 16.0 Å². The molecule has 1 aliphatic heterocycles. The lowest BCUT2D eigenvalue weighted by atomic mass is 9.90. The topological polar surface area (TPSA) is 88.7 Å². The number of aliphatic imine (C=N–C) groups is 1. The molecule has 0 radical (unpaired) electrons. The number of carbonyl (C=O) groups excluding carboxylic acids is 1. The van der Waals surface area contributed by atoms with Crippen LogP contribution in [0.4, 0.5) is 18.9 Å². The minimum Gasteiger partial charge on any atom is -0.387 e. The third kappa shape index (κ3) is 6.84. The SMILES string of the molecule is NC(=Nc1ccc(CC(F)(F)F)cc1)/C(C=O)=C\NC1CCC(NC2COC2)CC1. The first-order valence-electron chi connectivity index (χ1n) is 10.1. The van der Waals surface area contributed by atoms with Crippen LogP contribution in [-0.4, -0.2) is 49.6 Å². The van der Waals surface area contributed by atoms with Crippen molar-refractivity contribution in [3.8, 4) is 0 Å². The van der Waals surface area contributed by atoms with Gasteiger partial charge in [0.1, 0.15) is 5.84 Å². The molecule has 2 aliphatic rings. The molecule has 1 aromatic carbocycles. The number of benzene rings is 1. The first kappa shape index (κ1) is 22.3. The van der Waals surface area contributed by atoms with Crippen molar-refractivity contribution in [2.24, 2.45) is 10.7 Å². The fourth-order valence-corrected chi connectivity index (χ4v) is 3.59. The average molecular weight is 424 g/mol. The van der Waals surface area contributed by atoms with E-state index < -0.39 is 12.6 Å². The van der Waals surface area contributed by atoms with Crippen molar-refractivity contribution >= 4 is 17.8 Å². The number of hydrogen-bond donors (Lipinski definition) is 3. The van der Waals surface area contributed by atoms with Gasteiger partial charge in [-0.1, -0.05) is 12.1 Å². The van der Waals surface area contributed by atoms with E-state index in [1.807, 2.05) is 0 Å². The van der Waals surface area contributed by atoms with Gasteiger partial charge in [-0.15, -0.1) is 0 Å². The highest BCUT2D eigenvalue weighted by Crippen LogP contribution is 2.23. The van der Waals surface area contributed by atoms with Gasteiger partial charge in [-0.05, 0) is 43.4 Å². The van der Waals surface area contributed by atoms with Crippen LogP contribution in [0.5, 0.6) is 0 Å². The molecule has 0 amide bonds. The predicted molar refractivity (Wildman–Crippen MR) is 109 cm³/mol. The Hall–Kier alpha value is -2.39. The summed E-state index contributed by atoms with van der Waals surface area (Å²) in [6.45, 7) is 1.57. The molecule has 6 nitrogen and oxygen atoms in total. The number of nitrogens with one attached hydrogen (secondary N) is 2. The average Bonchev–Trinajstić information content (AvgIpc) is 2.66. The van der Waals surface area contributed by atoms with Gasteiger partial charge in [-0.2, -0.15) is 13.2 Å². The van der Waals surface area contributed by atoms with E-state index in [1.54, 1.807) is 6.20 Å². The molecule has 164 valence electrons. The van der Waals surface area contributed by atoms with Crippen molar-refractivity contribution in [2.75, 3.05) is 13.2 Å². The van der Waals surface area contributed by atoms with E-state index >= 15 is 0 Å². The van der Waals surface area contributed by atoms with Crippen LogP contribution < -0.4 is 16.4 Å². The maximum Gasteiger partial charge on any atom is 0.393 e. The van der Waals surface area contributed by atoms with Gasteiger partial charge in [-0.25, -0.2) is 4.99 Å². The summed E-state index contributed by atoms with van der Waals surface area (Å²) in [6.07, 6.45) is 0.983. The Morgan fingerprint density at radius 1 is 1.10 bits per heavy atom. The Bertz CT molecular complexity index is 765. The summed E-state index contributed by atoms with van der Waals surface area (Å²) in [6, 6.07) is 6.83. The van der Waals surface area contributed by atoms with Gasteiger partial charge in [-0.3, -0.25) is 4.79 Å². The van der Waals surface area contributed by atoms with Crippen molar-refractivity contribution in [1.29, 1.82) is 0 Å². The van der Waals surface area contributed by atoms with E-state index in [0.29, 0.717) is 24.1 Å². The fraction of sp³-hybridized carbons (Fsp3) is 0.524. The summed E-state index contributed by atoms with van der Waals surface area (Å²) < 4.78 is 42.5. The highest BCUT2D eigenvalue weighted by molar-refractivity contribution is 6.13. The Morgan fingerprint density at radius 3 is 2.27 bits per heavy atom. The molecular formula is C21H27F3N4O2. The molecule has 1 aliphatic carbocycles. The lowest BCUT2D eigenvalue weighted by molar-refractivity contribution is -0.127. The van der Waals surface area contributed by atoms with Gasteiger partial charge in [0.2, 0.25) is 0 Å². The zero-order valence-electron chi connectivity index (χ0n) is 16.6. The van der Waals surface area contributed by atoms with E-state index in [9.17, 15) is 18.0 Å². The Kier molecular flexibility index (Phi) is 7.49. The summed E-state index contributed by atoms with van der Waals surface area (Å²) >= 11 is 0. The number of nitrogens with zero attached hydrogens (tertiary/aromatic N) is 1. The molecule has 0 spiro atoms. The first-order valence-corrected chi connectivity index (χ1v) is 10.1. The van der Waals surface area contributed by atoms with Crippen LogP contribution in [0.15, 0.2) is 41.0 Å². The molecule has 30 heavy (non-hydrogen) atoms. The van der Waals surface area contributed by atoms with E-state index in [0.717, 1.165) is 38.9 Å². The van der Waals surface area contributed by atoms with Crippen molar-refractivity contribution in [3.63, 3.8) is 0 Å². The van der Waals surface area contributed by atoms with E-state index in [2.05, 4.69) is 15.6 Å². The lowest BCUT2D eigenvalue weighted by Gasteiger charge is -2.35. The van der Waals surface area contributed by atoms with Gasteiger partial charge in [0, 0.05) is 18.3 Å². The molecule has 3 rings (SSSR count). The zero-order valence-corrected chi connectivity index (χ0v) is 16.6. The summed E-state index contributed by atoms with van der Waals surface area (Å²) in [5, 5.41) is 6.83. The molecule has 9 heteroatoms. The second-order valence-corrected chi connectivity index (χ2v) is 7.79. The van der Waals surface area contributed by atoms with Crippen LogP contribution in [0.1, 0.15) is 31.2 Å². The normalized spacial score (nSPS) is 23.7. The second-order valence-electron chi connectivity index (χ2n) is 7.79. The first-order chi connectivity index (χ1) is 14.3. The minimum absolute atomic E-state index is 0.0152. The number of halogens is 3. The van der Waals surface area contributed by atoms with Crippen molar-refractivity contribution in [2.45, 2.75) is 56.4 Å². The van der Waals surface area contributed by atoms with Gasteiger partial charge in [0.05, 0.1) is 36.9 Å². The molecule has 1 heterocycles. The third-order valence-electron chi connectivity index (χ3n) is 5.32. The van der Waals surface area contributed by atoms with Gasteiger partial charge in [0.15, 0.2) is 6.29 Å². The van der Waals surface area contributed by atoms with Crippen LogP contribution in [0.25, 0.3) is 0 Å². The van der Waals surface area contributed by atoms with E-state index in [-0.39, 0.29) is 23.0 Å². The number of hydrogen-bond acceptors (Lipinski definition) is 5. The quantitative estimate of drug-likeness (QED) is 0.259. The maximum absolute atomic E-state index is 12.4. The fourth-order valence-electron chi connectivity index (χ4n) is 3.59. The number of carbonyl (C=O) groups is 1. The summed E-state index contributed by atoms with van der Waals surface area (Å²) in [7, 11) is 0. The van der Waals surface area contributed by atoms with Gasteiger partial charge >= 0.3 is 6.18 Å². The molecule has 1 saturated carbocycles. The second kappa shape index (κ2) is 10.1. The Morgan fingerprint density at radius 2 is 1.73 bits per heavy atom. The summed E-state index contributed by atoms with van der Waals surface area (Å²) in [5.41, 5.74) is 6.66. The summed E-state index contributed by atoms with van der Waals surface area (Å²) in [5.74, 6) is 0.0152. The molecule has 2 fully saturated rings. The molecule has 1 saturated heterocycles. The zero-order chi connectivity index (χ0) is 21.6. The molecule has 0 bridgehead atoms. The summed E-state index contributed by atoms with van der Waals surface area (Å²) in [4.78, 5) is 15.6. The van der Waals surface area contributed by atoms with E-state index in [1.165, 1.54) is 24.3 Å². The van der Waals surface area contributed by atoms with Crippen molar-refractivity contribution in [1.82, 2.24) is 10.6 Å². The van der Waals surface area contributed by atoms with Gasteiger partial charge in [0.25, 0.3) is 0 Å². The van der Waals surface area contributed by atoms with E-state index in [4.69, 9.17) is 10.5 Å². The molecule has 0 unspecified atom stereocenters. The maximum atomic E-state index is 12.4.